The van der Waals surface area contributed by atoms with Crippen LogP contribution in [0.4, 0.5) is 0 Å². The van der Waals surface area contributed by atoms with E-state index in [0.717, 1.165) is 22.6 Å². The highest BCUT2D eigenvalue weighted by Crippen LogP contribution is 2.30. The molecule has 7 nitrogen and oxygen atoms in total. The first-order valence-corrected chi connectivity index (χ1v) is 10.0. The van der Waals surface area contributed by atoms with Crippen LogP contribution < -0.4 is 9.47 Å². The summed E-state index contributed by atoms with van der Waals surface area (Å²) in [5.74, 6) is 2.60. The van der Waals surface area contributed by atoms with Gasteiger partial charge in [-0.3, -0.25) is 4.79 Å². The third-order valence-electron chi connectivity index (χ3n) is 5.02. The first-order chi connectivity index (χ1) is 14.5. The van der Waals surface area contributed by atoms with Gasteiger partial charge in [0.25, 0.3) is 0 Å². The number of aromatic nitrogens is 2. The third-order valence-corrected chi connectivity index (χ3v) is 5.02. The van der Waals surface area contributed by atoms with Crippen molar-refractivity contribution in [2.24, 2.45) is 0 Å². The number of methoxy groups -OCH3 is 1. The van der Waals surface area contributed by atoms with Crippen LogP contribution in [-0.2, 0) is 11.3 Å². The van der Waals surface area contributed by atoms with Crippen molar-refractivity contribution in [2.45, 2.75) is 38.8 Å². The number of amides is 1. The Hall–Kier alpha value is -3.35. The molecule has 0 saturated carbocycles. The highest BCUT2D eigenvalue weighted by atomic mass is 16.5. The Morgan fingerprint density at radius 3 is 2.47 bits per heavy atom. The maximum absolute atomic E-state index is 12.5. The van der Waals surface area contributed by atoms with Gasteiger partial charge in [-0.1, -0.05) is 17.3 Å². The van der Waals surface area contributed by atoms with E-state index < -0.39 is 0 Å². The zero-order valence-electron chi connectivity index (χ0n) is 17.4. The zero-order chi connectivity index (χ0) is 21.1. The van der Waals surface area contributed by atoms with E-state index in [9.17, 15) is 4.79 Å². The minimum Gasteiger partial charge on any atom is -0.497 e. The molecule has 1 saturated heterocycles. The number of carbonyl (C=O) groups excluding carboxylic acids is 1. The minimum atomic E-state index is -0.0967. The molecule has 0 bridgehead atoms. The molecular formula is C23H25N3O4. The smallest absolute Gasteiger partial charge is 0.232 e. The molecule has 1 aromatic heterocycles. The van der Waals surface area contributed by atoms with Crippen molar-refractivity contribution < 1.29 is 18.8 Å². The summed E-state index contributed by atoms with van der Waals surface area (Å²) in [6.45, 7) is 5.10. The fourth-order valence-electron chi connectivity index (χ4n) is 3.51. The van der Waals surface area contributed by atoms with Crippen molar-refractivity contribution >= 4 is 5.91 Å². The Bertz CT molecular complexity index is 996. The lowest BCUT2D eigenvalue weighted by atomic mass is 10.1. The zero-order valence-corrected chi connectivity index (χ0v) is 17.4. The Morgan fingerprint density at radius 2 is 1.80 bits per heavy atom. The largest absolute Gasteiger partial charge is 0.497 e. The van der Waals surface area contributed by atoms with Crippen LogP contribution in [-0.4, -0.2) is 40.7 Å². The standard InChI is InChI=1S/C23H25N3O4/c1-15(2)29-20-8-4-16(5-9-20)13-26-14-18(12-21(26)27)23-24-22(25-30-23)17-6-10-19(28-3)11-7-17/h4-11,15,18H,12-14H2,1-3H3. The monoisotopic (exact) mass is 407 g/mol. The lowest BCUT2D eigenvalue weighted by molar-refractivity contribution is -0.128. The molecule has 1 fully saturated rings. The van der Waals surface area contributed by atoms with Crippen LogP contribution in [0.1, 0.15) is 37.6 Å². The van der Waals surface area contributed by atoms with E-state index in [2.05, 4.69) is 10.1 Å². The van der Waals surface area contributed by atoms with Gasteiger partial charge in [0, 0.05) is 25.1 Å². The summed E-state index contributed by atoms with van der Waals surface area (Å²) in [5.41, 5.74) is 1.90. The molecule has 2 aromatic carbocycles. The number of hydrogen-bond acceptors (Lipinski definition) is 6. The molecule has 3 aromatic rings. The second-order valence-corrected chi connectivity index (χ2v) is 7.67. The predicted octanol–water partition coefficient (Wildman–Crippen LogP) is 4.05. The summed E-state index contributed by atoms with van der Waals surface area (Å²) in [6.07, 6.45) is 0.507. The number of carbonyl (C=O) groups is 1. The molecule has 30 heavy (non-hydrogen) atoms. The number of rotatable bonds is 7. The van der Waals surface area contributed by atoms with Crippen molar-refractivity contribution in [3.63, 3.8) is 0 Å². The molecule has 0 spiro atoms. The van der Waals surface area contributed by atoms with Gasteiger partial charge in [0.15, 0.2) is 0 Å². The summed E-state index contributed by atoms with van der Waals surface area (Å²) >= 11 is 0. The second-order valence-electron chi connectivity index (χ2n) is 7.67. The Morgan fingerprint density at radius 1 is 1.10 bits per heavy atom. The summed E-state index contributed by atoms with van der Waals surface area (Å²) < 4.78 is 16.3. The molecule has 1 aliphatic heterocycles. The maximum Gasteiger partial charge on any atom is 0.232 e. The highest BCUT2D eigenvalue weighted by Gasteiger charge is 2.34. The van der Waals surface area contributed by atoms with Gasteiger partial charge in [-0.2, -0.15) is 4.98 Å². The molecule has 1 atom stereocenters. The van der Waals surface area contributed by atoms with E-state index in [1.165, 1.54) is 0 Å². The third kappa shape index (κ3) is 4.45. The van der Waals surface area contributed by atoms with E-state index in [1.54, 1.807) is 7.11 Å². The van der Waals surface area contributed by atoms with Gasteiger partial charge in [-0.15, -0.1) is 0 Å². The topological polar surface area (TPSA) is 77.7 Å². The molecule has 0 N–H and O–H groups in total. The van der Waals surface area contributed by atoms with E-state index in [4.69, 9.17) is 14.0 Å². The van der Waals surface area contributed by atoms with E-state index in [1.807, 2.05) is 67.3 Å². The van der Waals surface area contributed by atoms with Crippen LogP contribution in [0, 0.1) is 0 Å². The van der Waals surface area contributed by atoms with Gasteiger partial charge in [0.05, 0.1) is 19.1 Å². The van der Waals surface area contributed by atoms with Crippen molar-refractivity contribution in [1.29, 1.82) is 0 Å². The number of hydrogen-bond donors (Lipinski definition) is 0. The van der Waals surface area contributed by atoms with Gasteiger partial charge in [-0.05, 0) is 55.8 Å². The Labute approximate surface area is 175 Å². The van der Waals surface area contributed by atoms with E-state index in [-0.39, 0.29) is 17.9 Å². The second kappa shape index (κ2) is 8.57. The van der Waals surface area contributed by atoms with E-state index >= 15 is 0 Å². The van der Waals surface area contributed by atoms with Gasteiger partial charge in [0.2, 0.25) is 17.6 Å². The Kier molecular flexibility index (Phi) is 5.70. The van der Waals surface area contributed by atoms with Crippen LogP contribution in [0.2, 0.25) is 0 Å². The van der Waals surface area contributed by atoms with Crippen molar-refractivity contribution in [1.82, 2.24) is 15.0 Å². The van der Waals surface area contributed by atoms with Crippen LogP contribution in [0.15, 0.2) is 53.1 Å². The van der Waals surface area contributed by atoms with Gasteiger partial charge >= 0.3 is 0 Å². The van der Waals surface area contributed by atoms with Crippen molar-refractivity contribution in [3.8, 4) is 22.9 Å². The number of nitrogens with zero attached hydrogens (tertiary/aromatic N) is 3. The van der Waals surface area contributed by atoms with Crippen LogP contribution in [0.25, 0.3) is 11.4 Å². The van der Waals surface area contributed by atoms with E-state index in [0.29, 0.717) is 31.2 Å². The average molecular weight is 407 g/mol. The lowest BCUT2D eigenvalue weighted by Gasteiger charge is -2.16. The first-order valence-electron chi connectivity index (χ1n) is 10.0. The summed E-state index contributed by atoms with van der Waals surface area (Å²) in [7, 11) is 1.62. The fourth-order valence-corrected chi connectivity index (χ4v) is 3.51. The highest BCUT2D eigenvalue weighted by molar-refractivity contribution is 5.79. The maximum atomic E-state index is 12.5. The minimum absolute atomic E-state index is 0.0895. The molecule has 4 rings (SSSR count). The molecule has 0 aliphatic carbocycles. The summed E-state index contributed by atoms with van der Waals surface area (Å²) in [4.78, 5) is 18.9. The number of likely N-dealkylation sites (tertiary alicyclic amines) is 1. The molecular weight excluding hydrogens is 382 g/mol. The lowest BCUT2D eigenvalue weighted by Crippen LogP contribution is -2.24. The summed E-state index contributed by atoms with van der Waals surface area (Å²) in [6, 6.07) is 15.3. The SMILES string of the molecule is COc1ccc(-c2noc(C3CC(=O)N(Cc4ccc(OC(C)C)cc4)C3)n2)cc1. The van der Waals surface area contributed by atoms with Crippen molar-refractivity contribution in [3.05, 3.63) is 60.0 Å². The average Bonchev–Trinajstić information content (AvgIpc) is 3.36. The predicted molar refractivity (Wildman–Crippen MR) is 111 cm³/mol. The normalized spacial score (nSPS) is 16.3. The number of ether oxygens (including phenoxy) is 2. The molecule has 1 aliphatic rings. The van der Waals surface area contributed by atoms with Crippen LogP contribution in [0.3, 0.4) is 0 Å². The quantitative estimate of drug-likeness (QED) is 0.588. The summed E-state index contributed by atoms with van der Waals surface area (Å²) in [5, 5.41) is 4.08. The molecule has 1 amide bonds. The molecule has 0 radical (unpaired) electrons. The molecule has 1 unspecified atom stereocenters. The molecule has 7 heteroatoms. The van der Waals surface area contributed by atoms with Gasteiger partial charge < -0.3 is 18.9 Å². The molecule has 156 valence electrons. The van der Waals surface area contributed by atoms with Crippen LogP contribution >= 0.6 is 0 Å². The van der Waals surface area contributed by atoms with Gasteiger partial charge in [0.1, 0.15) is 11.5 Å². The number of benzene rings is 2. The Balaban J connectivity index is 1.40. The fraction of sp³-hybridized carbons (Fsp3) is 0.348. The van der Waals surface area contributed by atoms with Crippen molar-refractivity contribution in [2.75, 3.05) is 13.7 Å². The first kappa shape index (κ1) is 19.9. The van der Waals surface area contributed by atoms with Gasteiger partial charge in [-0.25, -0.2) is 0 Å². The van der Waals surface area contributed by atoms with Crippen LogP contribution in [0.5, 0.6) is 11.5 Å². The molecule has 2 heterocycles.